The first kappa shape index (κ1) is 11.0. The van der Waals surface area contributed by atoms with Crippen LogP contribution in [0.2, 0.25) is 0 Å². The summed E-state index contributed by atoms with van der Waals surface area (Å²) in [4.78, 5) is 0. The van der Waals surface area contributed by atoms with Crippen molar-refractivity contribution in [1.29, 1.82) is 0 Å². The molecule has 0 spiro atoms. The molecule has 1 fully saturated rings. The molecule has 2 N–H and O–H groups in total. The van der Waals surface area contributed by atoms with Crippen LogP contribution < -0.4 is 0 Å². The van der Waals surface area contributed by atoms with E-state index in [1.165, 1.54) is 6.42 Å². The lowest BCUT2D eigenvalue weighted by molar-refractivity contribution is 0.0315. The molecule has 0 aliphatic heterocycles. The van der Waals surface area contributed by atoms with Crippen LogP contribution in [0.15, 0.2) is 0 Å². The van der Waals surface area contributed by atoms with Gasteiger partial charge in [0.2, 0.25) is 0 Å². The molecule has 1 rings (SSSR count). The largest absolute Gasteiger partial charge is 0.393 e. The standard InChI is InChI=1S/C11H22O2/c1-2-5-10(12)8-9-6-3-4-7-11(9)13/h9-13H,2-8H2,1H3. The van der Waals surface area contributed by atoms with E-state index in [0.29, 0.717) is 5.92 Å². The molecule has 13 heavy (non-hydrogen) atoms. The van der Waals surface area contributed by atoms with Gasteiger partial charge in [0.15, 0.2) is 0 Å². The van der Waals surface area contributed by atoms with E-state index in [9.17, 15) is 10.2 Å². The van der Waals surface area contributed by atoms with E-state index in [4.69, 9.17) is 0 Å². The lowest BCUT2D eigenvalue weighted by Crippen LogP contribution is -2.28. The fraction of sp³-hybridized carbons (Fsp3) is 1.00. The highest BCUT2D eigenvalue weighted by Crippen LogP contribution is 2.28. The Bertz CT molecular complexity index is 136. The van der Waals surface area contributed by atoms with Gasteiger partial charge in [-0.3, -0.25) is 0 Å². The Balaban J connectivity index is 2.25. The average Bonchev–Trinajstić information content (AvgIpc) is 2.09. The summed E-state index contributed by atoms with van der Waals surface area (Å²) < 4.78 is 0. The quantitative estimate of drug-likeness (QED) is 0.705. The zero-order valence-electron chi connectivity index (χ0n) is 8.58. The van der Waals surface area contributed by atoms with Crippen LogP contribution in [0, 0.1) is 5.92 Å². The number of hydrogen-bond donors (Lipinski definition) is 2. The molecular weight excluding hydrogens is 164 g/mol. The first-order valence-corrected chi connectivity index (χ1v) is 5.60. The molecule has 0 amide bonds. The highest BCUT2D eigenvalue weighted by atomic mass is 16.3. The van der Waals surface area contributed by atoms with Gasteiger partial charge in [-0.2, -0.15) is 0 Å². The molecule has 3 atom stereocenters. The summed E-state index contributed by atoms with van der Waals surface area (Å²) >= 11 is 0. The second-order valence-corrected chi connectivity index (χ2v) is 4.29. The molecule has 2 heteroatoms. The van der Waals surface area contributed by atoms with Crippen LogP contribution in [0.1, 0.15) is 51.9 Å². The lowest BCUT2D eigenvalue weighted by Gasteiger charge is -2.29. The molecule has 3 unspecified atom stereocenters. The first-order chi connectivity index (χ1) is 6.24. The van der Waals surface area contributed by atoms with E-state index >= 15 is 0 Å². The first-order valence-electron chi connectivity index (χ1n) is 5.60. The predicted molar refractivity (Wildman–Crippen MR) is 53.5 cm³/mol. The van der Waals surface area contributed by atoms with Gasteiger partial charge in [0.25, 0.3) is 0 Å². The van der Waals surface area contributed by atoms with Crippen molar-refractivity contribution in [1.82, 2.24) is 0 Å². The summed E-state index contributed by atoms with van der Waals surface area (Å²) in [5.74, 6) is 0.357. The molecule has 78 valence electrons. The average molecular weight is 186 g/mol. The van der Waals surface area contributed by atoms with Gasteiger partial charge in [0, 0.05) is 0 Å². The third-order valence-electron chi connectivity index (χ3n) is 3.07. The van der Waals surface area contributed by atoms with Crippen molar-refractivity contribution >= 4 is 0 Å². The minimum Gasteiger partial charge on any atom is -0.393 e. The van der Waals surface area contributed by atoms with E-state index in [2.05, 4.69) is 6.92 Å². The van der Waals surface area contributed by atoms with Crippen LogP contribution in [-0.4, -0.2) is 22.4 Å². The van der Waals surface area contributed by atoms with Gasteiger partial charge in [-0.15, -0.1) is 0 Å². The Kier molecular flexibility index (Phi) is 4.74. The SMILES string of the molecule is CCCC(O)CC1CCCCC1O. The molecule has 1 aliphatic rings. The minimum absolute atomic E-state index is 0.153. The second kappa shape index (κ2) is 5.61. The molecule has 0 radical (unpaired) electrons. The topological polar surface area (TPSA) is 40.5 Å². The predicted octanol–water partition coefficient (Wildman–Crippen LogP) is 2.09. The summed E-state index contributed by atoms with van der Waals surface area (Å²) in [6.07, 6.45) is 6.78. The molecule has 0 aromatic carbocycles. The molecule has 0 saturated heterocycles. The van der Waals surface area contributed by atoms with Crippen LogP contribution in [0.4, 0.5) is 0 Å². The van der Waals surface area contributed by atoms with Crippen LogP contribution in [0.5, 0.6) is 0 Å². The number of rotatable bonds is 4. The van der Waals surface area contributed by atoms with Crippen LogP contribution in [0.3, 0.4) is 0 Å². The molecule has 0 aromatic heterocycles. The van der Waals surface area contributed by atoms with E-state index in [0.717, 1.165) is 38.5 Å². The lowest BCUT2D eigenvalue weighted by atomic mass is 9.82. The minimum atomic E-state index is -0.192. The van der Waals surface area contributed by atoms with Gasteiger partial charge in [-0.25, -0.2) is 0 Å². The van der Waals surface area contributed by atoms with Crippen molar-refractivity contribution in [2.75, 3.05) is 0 Å². The smallest absolute Gasteiger partial charge is 0.0569 e. The zero-order chi connectivity index (χ0) is 9.68. The van der Waals surface area contributed by atoms with Gasteiger partial charge in [0.05, 0.1) is 12.2 Å². The third kappa shape index (κ3) is 3.65. The third-order valence-corrected chi connectivity index (χ3v) is 3.07. The number of hydrogen-bond acceptors (Lipinski definition) is 2. The highest BCUT2D eigenvalue weighted by molar-refractivity contribution is 4.76. The number of aliphatic hydroxyl groups excluding tert-OH is 2. The van der Waals surface area contributed by atoms with Gasteiger partial charge < -0.3 is 10.2 Å². The summed E-state index contributed by atoms with van der Waals surface area (Å²) in [5, 5.41) is 19.3. The zero-order valence-corrected chi connectivity index (χ0v) is 8.58. The Morgan fingerprint density at radius 3 is 2.62 bits per heavy atom. The van der Waals surface area contributed by atoms with Crippen LogP contribution >= 0.6 is 0 Å². The van der Waals surface area contributed by atoms with E-state index in [1.807, 2.05) is 0 Å². The molecule has 1 aliphatic carbocycles. The van der Waals surface area contributed by atoms with Gasteiger partial charge >= 0.3 is 0 Å². The van der Waals surface area contributed by atoms with Crippen molar-refractivity contribution in [2.24, 2.45) is 5.92 Å². The Labute approximate surface area is 81.0 Å². The summed E-state index contributed by atoms with van der Waals surface area (Å²) in [7, 11) is 0. The molecule has 0 heterocycles. The molecule has 2 nitrogen and oxygen atoms in total. The summed E-state index contributed by atoms with van der Waals surface area (Å²) in [5.41, 5.74) is 0. The number of aliphatic hydroxyl groups is 2. The van der Waals surface area contributed by atoms with Crippen molar-refractivity contribution in [3.63, 3.8) is 0 Å². The molecular formula is C11H22O2. The monoisotopic (exact) mass is 186 g/mol. The Morgan fingerprint density at radius 2 is 2.00 bits per heavy atom. The van der Waals surface area contributed by atoms with Gasteiger partial charge in [-0.05, 0) is 31.6 Å². The van der Waals surface area contributed by atoms with E-state index in [-0.39, 0.29) is 12.2 Å². The maximum Gasteiger partial charge on any atom is 0.0569 e. The second-order valence-electron chi connectivity index (χ2n) is 4.29. The van der Waals surface area contributed by atoms with Crippen molar-refractivity contribution in [3.05, 3.63) is 0 Å². The van der Waals surface area contributed by atoms with E-state index in [1.54, 1.807) is 0 Å². The van der Waals surface area contributed by atoms with E-state index < -0.39 is 0 Å². The van der Waals surface area contributed by atoms with Crippen molar-refractivity contribution in [2.45, 2.75) is 64.1 Å². The normalized spacial score (nSPS) is 31.6. The highest BCUT2D eigenvalue weighted by Gasteiger charge is 2.24. The van der Waals surface area contributed by atoms with Crippen LogP contribution in [0.25, 0.3) is 0 Å². The molecule has 0 aromatic rings. The van der Waals surface area contributed by atoms with Gasteiger partial charge in [0.1, 0.15) is 0 Å². The molecule has 0 bridgehead atoms. The Hall–Kier alpha value is -0.0800. The van der Waals surface area contributed by atoms with Crippen molar-refractivity contribution in [3.8, 4) is 0 Å². The van der Waals surface area contributed by atoms with Crippen LogP contribution in [-0.2, 0) is 0 Å². The summed E-state index contributed by atoms with van der Waals surface area (Å²) in [6.45, 7) is 2.08. The van der Waals surface area contributed by atoms with Crippen molar-refractivity contribution < 1.29 is 10.2 Å². The Morgan fingerprint density at radius 1 is 1.31 bits per heavy atom. The molecule has 1 saturated carbocycles. The maximum atomic E-state index is 9.67. The summed E-state index contributed by atoms with van der Waals surface area (Å²) in [6, 6.07) is 0. The maximum absolute atomic E-state index is 9.67. The fourth-order valence-corrected chi connectivity index (χ4v) is 2.26. The fourth-order valence-electron chi connectivity index (χ4n) is 2.26. The van der Waals surface area contributed by atoms with Gasteiger partial charge in [-0.1, -0.05) is 26.2 Å².